The van der Waals surface area contributed by atoms with E-state index in [0.717, 1.165) is 11.3 Å². The maximum absolute atomic E-state index is 12.3. The van der Waals surface area contributed by atoms with E-state index in [0.29, 0.717) is 19.5 Å². The van der Waals surface area contributed by atoms with E-state index in [1.54, 1.807) is 4.90 Å². The number of aryl methyl sites for hydroxylation is 1. The number of imide groups is 1. The van der Waals surface area contributed by atoms with E-state index in [1.165, 1.54) is 4.90 Å². The average molecular weight is 274 g/mol. The monoisotopic (exact) mass is 274 g/mol. The van der Waals surface area contributed by atoms with Gasteiger partial charge in [0.05, 0.1) is 0 Å². The Labute approximate surface area is 120 Å². The highest BCUT2D eigenvalue weighted by molar-refractivity contribution is 6.04. The Morgan fingerprint density at radius 1 is 1.15 bits per heavy atom. The Morgan fingerprint density at radius 2 is 1.75 bits per heavy atom. The van der Waals surface area contributed by atoms with Gasteiger partial charge >= 0.3 is 6.03 Å². The summed E-state index contributed by atoms with van der Waals surface area (Å²) in [5.74, 6) is -0.0860. The summed E-state index contributed by atoms with van der Waals surface area (Å²) in [6.07, 6.45) is 0.389. The van der Waals surface area contributed by atoms with Gasteiger partial charge in [-0.05, 0) is 24.5 Å². The van der Waals surface area contributed by atoms with E-state index in [4.69, 9.17) is 0 Å². The quantitative estimate of drug-likeness (QED) is 0.831. The molecular formula is C16H22N2O2. The second-order valence-corrected chi connectivity index (χ2v) is 6.55. The molecule has 0 atom stereocenters. The number of hydrogen-bond donors (Lipinski definition) is 0. The lowest BCUT2D eigenvalue weighted by molar-refractivity contribution is -0.129. The fraction of sp³-hybridized carbons (Fsp3) is 0.500. The molecule has 2 rings (SSSR count). The van der Waals surface area contributed by atoms with Crippen LogP contribution in [0.3, 0.4) is 0 Å². The molecular weight excluding hydrogens is 252 g/mol. The van der Waals surface area contributed by atoms with Gasteiger partial charge in [-0.25, -0.2) is 4.79 Å². The second kappa shape index (κ2) is 5.27. The SMILES string of the molecule is Cc1ccc(N2CCN(C(=O)CC(C)(C)C)C2=O)cc1. The summed E-state index contributed by atoms with van der Waals surface area (Å²) in [6.45, 7) is 9.06. The van der Waals surface area contributed by atoms with Gasteiger partial charge in [0.2, 0.25) is 5.91 Å². The maximum Gasteiger partial charge on any atom is 0.331 e. The molecule has 0 saturated carbocycles. The van der Waals surface area contributed by atoms with E-state index in [9.17, 15) is 9.59 Å². The summed E-state index contributed by atoms with van der Waals surface area (Å²) in [4.78, 5) is 27.6. The maximum atomic E-state index is 12.3. The Morgan fingerprint density at radius 3 is 2.30 bits per heavy atom. The van der Waals surface area contributed by atoms with E-state index < -0.39 is 0 Å². The van der Waals surface area contributed by atoms with Crippen LogP contribution in [0.1, 0.15) is 32.8 Å². The van der Waals surface area contributed by atoms with Crippen LogP contribution < -0.4 is 4.90 Å². The second-order valence-electron chi connectivity index (χ2n) is 6.55. The number of anilines is 1. The lowest BCUT2D eigenvalue weighted by Gasteiger charge is -2.22. The first-order chi connectivity index (χ1) is 9.28. The zero-order valence-corrected chi connectivity index (χ0v) is 12.6. The molecule has 1 aromatic rings. The van der Waals surface area contributed by atoms with Crippen molar-refractivity contribution in [1.29, 1.82) is 0 Å². The number of carbonyl (C=O) groups excluding carboxylic acids is 2. The molecule has 0 N–H and O–H groups in total. The van der Waals surface area contributed by atoms with Crippen LogP contribution in [0.5, 0.6) is 0 Å². The van der Waals surface area contributed by atoms with Crippen LogP contribution in [0.15, 0.2) is 24.3 Å². The molecule has 4 nitrogen and oxygen atoms in total. The van der Waals surface area contributed by atoms with Gasteiger partial charge in [-0.15, -0.1) is 0 Å². The first-order valence-electron chi connectivity index (χ1n) is 6.96. The van der Waals surface area contributed by atoms with E-state index >= 15 is 0 Å². The topological polar surface area (TPSA) is 40.6 Å². The summed E-state index contributed by atoms with van der Waals surface area (Å²) in [5, 5.41) is 0. The molecule has 1 aliphatic rings. The number of hydrogen-bond acceptors (Lipinski definition) is 2. The van der Waals surface area contributed by atoms with Crippen molar-refractivity contribution in [3.63, 3.8) is 0 Å². The summed E-state index contributed by atoms with van der Waals surface area (Å²) in [6, 6.07) is 7.59. The van der Waals surface area contributed by atoms with Crippen molar-refractivity contribution >= 4 is 17.6 Å². The van der Waals surface area contributed by atoms with Crippen molar-refractivity contribution in [2.75, 3.05) is 18.0 Å². The van der Waals surface area contributed by atoms with Gasteiger partial charge in [-0.3, -0.25) is 14.6 Å². The first kappa shape index (κ1) is 14.6. The van der Waals surface area contributed by atoms with Crippen molar-refractivity contribution in [3.05, 3.63) is 29.8 Å². The molecule has 0 unspecified atom stereocenters. The van der Waals surface area contributed by atoms with E-state index in [-0.39, 0.29) is 17.4 Å². The van der Waals surface area contributed by atoms with Crippen LogP contribution in [-0.4, -0.2) is 29.9 Å². The zero-order valence-electron chi connectivity index (χ0n) is 12.6. The van der Waals surface area contributed by atoms with Crippen molar-refractivity contribution in [1.82, 2.24) is 4.90 Å². The highest BCUT2D eigenvalue weighted by atomic mass is 16.2. The lowest BCUT2D eigenvalue weighted by atomic mass is 9.92. The van der Waals surface area contributed by atoms with Gasteiger partial charge in [0, 0.05) is 25.2 Å². The number of urea groups is 1. The molecule has 1 heterocycles. The molecule has 3 amide bonds. The summed E-state index contributed by atoms with van der Waals surface area (Å²) in [7, 11) is 0. The van der Waals surface area contributed by atoms with Crippen LogP contribution in [0.25, 0.3) is 0 Å². The van der Waals surface area contributed by atoms with Crippen LogP contribution >= 0.6 is 0 Å². The van der Waals surface area contributed by atoms with Crippen molar-refractivity contribution in [2.24, 2.45) is 5.41 Å². The van der Waals surface area contributed by atoms with E-state index in [1.807, 2.05) is 52.0 Å². The molecule has 1 saturated heterocycles. The molecule has 0 bridgehead atoms. The summed E-state index contributed by atoms with van der Waals surface area (Å²) in [5.41, 5.74) is 1.90. The van der Waals surface area contributed by atoms with Gasteiger partial charge in [0.1, 0.15) is 0 Å². The van der Waals surface area contributed by atoms with Gasteiger partial charge < -0.3 is 0 Å². The third-order valence-electron chi connectivity index (χ3n) is 3.34. The fourth-order valence-corrected chi connectivity index (χ4v) is 2.28. The summed E-state index contributed by atoms with van der Waals surface area (Å²) >= 11 is 0. The predicted molar refractivity (Wildman–Crippen MR) is 79.7 cm³/mol. The van der Waals surface area contributed by atoms with Crippen LogP contribution in [-0.2, 0) is 4.79 Å². The lowest BCUT2D eigenvalue weighted by Crippen LogP contribution is -2.37. The standard InChI is InChI=1S/C16H22N2O2/c1-12-5-7-13(8-6-12)17-9-10-18(15(17)20)14(19)11-16(2,3)4/h5-8H,9-11H2,1-4H3. The molecule has 0 radical (unpaired) electrons. The van der Waals surface area contributed by atoms with Crippen LogP contribution in [0, 0.1) is 12.3 Å². The minimum Gasteiger partial charge on any atom is -0.292 e. The predicted octanol–water partition coefficient (Wildman–Crippen LogP) is 3.20. The zero-order chi connectivity index (χ0) is 14.9. The minimum atomic E-state index is -0.205. The molecule has 4 heteroatoms. The Balaban J connectivity index is 2.09. The molecule has 0 spiro atoms. The Kier molecular flexibility index (Phi) is 3.84. The Bertz CT molecular complexity index is 514. The highest BCUT2D eigenvalue weighted by Crippen LogP contribution is 2.24. The molecule has 108 valence electrons. The molecule has 1 fully saturated rings. The third kappa shape index (κ3) is 3.18. The molecule has 0 aromatic heterocycles. The number of benzene rings is 1. The smallest absolute Gasteiger partial charge is 0.292 e. The van der Waals surface area contributed by atoms with Gasteiger partial charge in [0.15, 0.2) is 0 Å². The Hall–Kier alpha value is -1.84. The van der Waals surface area contributed by atoms with Gasteiger partial charge in [-0.2, -0.15) is 0 Å². The number of carbonyl (C=O) groups is 2. The molecule has 1 aromatic carbocycles. The van der Waals surface area contributed by atoms with E-state index in [2.05, 4.69) is 0 Å². The third-order valence-corrected chi connectivity index (χ3v) is 3.34. The van der Waals surface area contributed by atoms with Crippen molar-refractivity contribution in [3.8, 4) is 0 Å². The van der Waals surface area contributed by atoms with Gasteiger partial charge in [0.25, 0.3) is 0 Å². The number of amides is 3. The molecule has 1 aliphatic heterocycles. The molecule has 20 heavy (non-hydrogen) atoms. The van der Waals surface area contributed by atoms with Gasteiger partial charge in [-0.1, -0.05) is 38.5 Å². The minimum absolute atomic E-state index is 0.0860. The van der Waals surface area contributed by atoms with Crippen molar-refractivity contribution in [2.45, 2.75) is 34.1 Å². The number of nitrogens with zero attached hydrogens (tertiary/aromatic N) is 2. The first-order valence-corrected chi connectivity index (χ1v) is 6.96. The highest BCUT2D eigenvalue weighted by Gasteiger charge is 2.35. The normalized spacial score (nSPS) is 15.9. The van der Waals surface area contributed by atoms with Crippen molar-refractivity contribution < 1.29 is 9.59 Å². The average Bonchev–Trinajstić information content (AvgIpc) is 2.70. The molecule has 0 aliphatic carbocycles. The number of rotatable bonds is 2. The fourth-order valence-electron chi connectivity index (χ4n) is 2.28. The summed E-state index contributed by atoms with van der Waals surface area (Å²) < 4.78 is 0. The largest absolute Gasteiger partial charge is 0.331 e. The van der Waals surface area contributed by atoms with Crippen LogP contribution in [0.4, 0.5) is 10.5 Å². The van der Waals surface area contributed by atoms with Crippen LogP contribution in [0.2, 0.25) is 0 Å².